The highest BCUT2D eigenvalue weighted by atomic mass is 32.1. The van der Waals surface area contributed by atoms with Gasteiger partial charge in [-0.15, -0.1) is 11.3 Å². The molecular formula is C25H20N6O3S. The van der Waals surface area contributed by atoms with Crippen molar-refractivity contribution in [2.24, 2.45) is 0 Å². The quantitative estimate of drug-likeness (QED) is 0.355. The third-order valence-electron chi connectivity index (χ3n) is 5.23. The molecule has 3 aromatic heterocycles. The zero-order chi connectivity index (χ0) is 24.4. The number of thiazole rings is 1. The molecule has 1 unspecified atom stereocenters. The van der Waals surface area contributed by atoms with E-state index in [-0.39, 0.29) is 5.56 Å². The van der Waals surface area contributed by atoms with Gasteiger partial charge in [-0.3, -0.25) is 4.79 Å². The molecule has 0 aliphatic heterocycles. The number of rotatable bonds is 6. The van der Waals surface area contributed by atoms with Gasteiger partial charge < -0.3 is 10.1 Å². The third kappa shape index (κ3) is 4.92. The molecule has 10 heteroatoms. The summed E-state index contributed by atoms with van der Waals surface area (Å²) in [5.41, 5.74) is 3.94. The molecular weight excluding hydrogens is 464 g/mol. The van der Waals surface area contributed by atoms with Crippen molar-refractivity contribution in [2.75, 3.05) is 5.32 Å². The Morgan fingerprint density at radius 3 is 2.63 bits per heavy atom. The summed E-state index contributed by atoms with van der Waals surface area (Å²) in [6.45, 7) is 3.57. The number of amides is 1. The zero-order valence-electron chi connectivity index (χ0n) is 18.9. The minimum absolute atomic E-state index is 0.226. The van der Waals surface area contributed by atoms with Gasteiger partial charge in [-0.05, 0) is 67.9 Å². The zero-order valence-corrected chi connectivity index (χ0v) is 19.7. The van der Waals surface area contributed by atoms with Crippen molar-refractivity contribution in [3.63, 3.8) is 0 Å². The van der Waals surface area contributed by atoms with Crippen molar-refractivity contribution in [1.29, 1.82) is 0 Å². The second-order valence-electron chi connectivity index (χ2n) is 7.85. The molecule has 0 saturated carbocycles. The number of nitrogens with zero attached hydrogens (tertiary/aromatic N) is 5. The van der Waals surface area contributed by atoms with E-state index in [1.54, 1.807) is 35.6 Å². The number of aryl methyl sites for hydroxylation is 1. The molecule has 0 aliphatic carbocycles. The molecule has 5 rings (SSSR count). The molecule has 0 saturated heterocycles. The Kier molecular flexibility index (Phi) is 6.02. The molecule has 1 N–H and O–H groups in total. The summed E-state index contributed by atoms with van der Waals surface area (Å²) in [5.74, 6) is -0.574. The second-order valence-corrected chi connectivity index (χ2v) is 8.88. The van der Waals surface area contributed by atoms with E-state index in [9.17, 15) is 9.59 Å². The molecule has 0 aliphatic rings. The first kappa shape index (κ1) is 22.4. The van der Waals surface area contributed by atoms with Crippen LogP contribution < -0.4 is 5.32 Å². The van der Waals surface area contributed by atoms with E-state index in [2.05, 4.69) is 38.4 Å². The van der Waals surface area contributed by atoms with E-state index in [0.29, 0.717) is 11.5 Å². The fourth-order valence-electron chi connectivity index (χ4n) is 3.35. The predicted octanol–water partition coefficient (Wildman–Crippen LogP) is 4.43. The smallest absolute Gasteiger partial charge is 0.340 e. The summed E-state index contributed by atoms with van der Waals surface area (Å²) >= 11 is 1.62. The monoisotopic (exact) mass is 484 g/mol. The maximum atomic E-state index is 12.6. The van der Waals surface area contributed by atoms with Crippen molar-refractivity contribution in [3.8, 4) is 16.4 Å². The summed E-state index contributed by atoms with van der Waals surface area (Å²) in [6, 6.07) is 16.8. The molecule has 1 amide bonds. The van der Waals surface area contributed by atoms with Crippen LogP contribution in [0.4, 0.5) is 5.69 Å². The predicted molar refractivity (Wildman–Crippen MR) is 132 cm³/mol. The fourth-order valence-corrected chi connectivity index (χ4v) is 4.42. The van der Waals surface area contributed by atoms with Crippen LogP contribution in [0.15, 0.2) is 73.4 Å². The average molecular weight is 485 g/mol. The van der Waals surface area contributed by atoms with Gasteiger partial charge in [0.2, 0.25) is 0 Å². The number of hydrogen-bond donors (Lipinski definition) is 1. The van der Waals surface area contributed by atoms with Gasteiger partial charge in [0.05, 0.1) is 15.8 Å². The molecule has 3 heterocycles. The van der Waals surface area contributed by atoms with Gasteiger partial charge in [-0.2, -0.15) is 5.10 Å². The molecule has 0 fully saturated rings. The van der Waals surface area contributed by atoms with E-state index in [1.807, 2.05) is 24.3 Å². The molecule has 0 radical (unpaired) electrons. The van der Waals surface area contributed by atoms with Crippen molar-refractivity contribution in [1.82, 2.24) is 24.7 Å². The van der Waals surface area contributed by atoms with Crippen LogP contribution in [0, 0.1) is 6.92 Å². The Morgan fingerprint density at radius 1 is 1.09 bits per heavy atom. The number of fused-ring (bicyclic) bond motifs is 1. The lowest BCUT2D eigenvalue weighted by Crippen LogP contribution is -2.30. The average Bonchev–Trinajstić information content (AvgIpc) is 3.54. The van der Waals surface area contributed by atoms with Gasteiger partial charge in [0.1, 0.15) is 17.7 Å². The van der Waals surface area contributed by atoms with Crippen molar-refractivity contribution >= 4 is 39.1 Å². The Balaban J connectivity index is 1.20. The fraction of sp³-hybridized carbons (Fsp3) is 0.120. The van der Waals surface area contributed by atoms with E-state index in [4.69, 9.17) is 4.74 Å². The molecule has 5 aromatic rings. The van der Waals surface area contributed by atoms with Gasteiger partial charge in [0.15, 0.2) is 11.9 Å². The maximum Gasteiger partial charge on any atom is 0.340 e. The topological polar surface area (TPSA) is 112 Å². The summed E-state index contributed by atoms with van der Waals surface area (Å²) in [4.78, 5) is 37.7. The first-order chi connectivity index (χ1) is 17.0. The molecule has 0 bridgehead atoms. The third-order valence-corrected chi connectivity index (χ3v) is 6.30. The number of benzene rings is 2. The lowest BCUT2D eigenvalue weighted by atomic mass is 10.2. The second kappa shape index (κ2) is 9.43. The first-order valence-corrected chi connectivity index (χ1v) is 11.6. The number of aromatic nitrogens is 5. The Bertz CT molecular complexity index is 1500. The van der Waals surface area contributed by atoms with Gasteiger partial charge in [-0.1, -0.05) is 6.07 Å². The Labute approximate surface area is 204 Å². The summed E-state index contributed by atoms with van der Waals surface area (Å²) < 4.78 is 7.91. The molecule has 2 aromatic carbocycles. The van der Waals surface area contributed by atoms with Gasteiger partial charge >= 0.3 is 5.97 Å². The Hall–Kier alpha value is -4.44. The van der Waals surface area contributed by atoms with Crippen LogP contribution >= 0.6 is 11.3 Å². The standard InChI is InChI=1S/C25H20N6O3S/c1-15-3-9-20-21(11-15)35-24(30-20)17-4-7-19(8-5-17)29-23(32)16(2)34-25(33)18-6-10-22(27-12-18)31-14-26-13-28-31/h3-14,16H,1-2H3,(H,29,32). The van der Waals surface area contributed by atoms with Crippen LogP contribution in [0.2, 0.25) is 0 Å². The summed E-state index contributed by atoms with van der Waals surface area (Å²) in [5, 5.41) is 7.66. The van der Waals surface area contributed by atoms with E-state index in [1.165, 1.54) is 36.0 Å². The summed E-state index contributed by atoms with van der Waals surface area (Å²) in [6.07, 6.45) is 3.26. The molecule has 35 heavy (non-hydrogen) atoms. The number of nitrogens with one attached hydrogen (secondary N) is 1. The van der Waals surface area contributed by atoms with Crippen LogP contribution in [0.3, 0.4) is 0 Å². The molecule has 9 nitrogen and oxygen atoms in total. The highest BCUT2D eigenvalue weighted by Gasteiger charge is 2.19. The minimum atomic E-state index is -0.996. The van der Waals surface area contributed by atoms with Crippen LogP contribution in [0.25, 0.3) is 26.6 Å². The van der Waals surface area contributed by atoms with Crippen molar-refractivity contribution in [2.45, 2.75) is 20.0 Å². The molecule has 0 spiro atoms. The number of hydrogen-bond acceptors (Lipinski definition) is 8. The number of carbonyl (C=O) groups is 2. The minimum Gasteiger partial charge on any atom is -0.449 e. The number of ether oxygens (including phenoxy) is 1. The summed E-state index contributed by atoms with van der Waals surface area (Å²) in [7, 11) is 0. The first-order valence-electron chi connectivity index (χ1n) is 10.8. The number of carbonyl (C=O) groups excluding carboxylic acids is 2. The van der Waals surface area contributed by atoms with Crippen molar-refractivity contribution in [3.05, 3.63) is 84.6 Å². The number of anilines is 1. The van der Waals surface area contributed by atoms with Crippen molar-refractivity contribution < 1.29 is 14.3 Å². The van der Waals surface area contributed by atoms with Gasteiger partial charge in [-0.25, -0.2) is 24.4 Å². The van der Waals surface area contributed by atoms with Crippen LogP contribution in [0.5, 0.6) is 0 Å². The van der Waals surface area contributed by atoms with Gasteiger partial charge in [0.25, 0.3) is 5.91 Å². The normalized spacial score (nSPS) is 11.8. The van der Waals surface area contributed by atoms with E-state index >= 15 is 0 Å². The molecule has 1 atom stereocenters. The Morgan fingerprint density at radius 2 is 1.91 bits per heavy atom. The molecule has 174 valence electrons. The largest absolute Gasteiger partial charge is 0.449 e. The van der Waals surface area contributed by atoms with Crippen LogP contribution in [-0.4, -0.2) is 42.7 Å². The lowest BCUT2D eigenvalue weighted by molar-refractivity contribution is -0.123. The van der Waals surface area contributed by atoms with E-state index < -0.39 is 18.0 Å². The highest BCUT2D eigenvalue weighted by molar-refractivity contribution is 7.21. The van der Waals surface area contributed by atoms with E-state index in [0.717, 1.165) is 20.8 Å². The highest BCUT2D eigenvalue weighted by Crippen LogP contribution is 2.31. The number of esters is 1. The SMILES string of the molecule is Cc1ccc2nc(-c3ccc(NC(=O)C(C)OC(=O)c4ccc(-n5cncn5)nc4)cc3)sc2c1. The maximum absolute atomic E-state index is 12.6. The van der Waals surface area contributed by atoms with Crippen LogP contribution in [0.1, 0.15) is 22.8 Å². The van der Waals surface area contributed by atoms with Gasteiger partial charge in [0, 0.05) is 17.4 Å². The lowest BCUT2D eigenvalue weighted by Gasteiger charge is -2.14. The van der Waals surface area contributed by atoms with Crippen LogP contribution in [-0.2, 0) is 9.53 Å². The number of pyridine rings is 1.